The number of carbonyl (C=O) groups excluding carboxylic acids is 2. The minimum absolute atomic E-state index is 0.00170. The van der Waals surface area contributed by atoms with Gasteiger partial charge in [-0.25, -0.2) is 0 Å². The summed E-state index contributed by atoms with van der Waals surface area (Å²) in [6.07, 6.45) is 3.22. The van der Waals surface area contributed by atoms with Crippen molar-refractivity contribution in [2.45, 2.75) is 58.2 Å². The molecule has 1 aliphatic heterocycles. The Labute approximate surface area is 151 Å². The van der Waals surface area contributed by atoms with Crippen molar-refractivity contribution in [2.75, 3.05) is 20.1 Å². The third kappa shape index (κ3) is 5.85. The van der Waals surface area contributed by atoms with E-state index in [-0.39, 0.29) is 24.4 Å². The zero-order valence-electron chi connectivity index (χ0n) is 15.7. The van der Waals surface area contributed by atoms with E-state index < -0.39 is 0 Å². The highest BCUT2D eigenvalue weighted by atomic mass is 16.2. The van der Waals surface area contributed by atoms with Crippen molar-refractivity contribution in [1.82, 2.24) is 15.1 Å². The molecule has 1 saturated heterocycles. The Balaban J connectivity index is 1.80. The van der Waals surface area contributed by atoms with Gasteiger partial charge in [0.2, 0.25) is 11.8 Å². The van der Waals surface area contributed by atoms with Gasteiger partial charge in [0.15, 0.2) is 0 Å². The van der Waals surface area contributed by atoms with Crippen molar-refractivity contribution in [3.05, 3.63) is 35.9 Å². The van der Waals surface area contributed by atoms with Crippen LogP contribution in [0, 0.1) is 0 Å². The Morgan fingerprint density at radius 2 is 2.00 bits per heavy atom. The molecule has 138 valence electrons. The lowest BCUT2D eigenvalue weighted by molar-refractivity contribution is -0.134. The van der Waals surface area contributed by atoms with E-state index in [0.717, 1.165) is 32.4 Å². The summed E-state index contributed by atoms with van der Waals surface area (Å²) in [6, 6.07) is 11.2. The van der Waals surface area contributed by atoms with Crippen LogP contribution in [0.1, 0.15) is 45.1 Å². The summed E-state index contributed by atoms with van der Waals surface area (Å²) in [6.45, 7) is 6.24. The summed E-state index contributed by atoms with van der Waals surface area (Å²) in [7, 11) is 1.86. The third-order valence-corrected chi connectivity index (χ3v) is 5.07. The Bertz CT molecular complexity index is 561. The molecule has 0 bridgehead atoms. The molecule has 5 nitrogen and oxygen atoms in total. The van der Waals surface area contributed by atoms with Crippen LogP contribution < -0.4 is 5.32 Å². The number of nitrogens with one attached hydrogen (secondary N) is 1. The second kappa shape index (κ2) is 9.56. The molecule has 1 aromatic carbocycles. The fourth-order valence-corrected chi connectivity index (χ4v) is 3.42. The van der Waals surface area contributed by atoms with Crippen LogP contribution in [0.25, 0.3) is 0 Å². The van der Waals surface area contributed by atoms with E-state index in [1.165, 1.54) is 5.56 Å². The van der Waals surface area contributed by atoms with Crippen LogP contribution in [0.4, 0.5) is 0 Å². The van der Waals surface area contributed by atoms with Gasteiger partial charge in [0.1, 0.15) is 0 Å². The molecule has 2 amide bonds. The standard InChI is InChI=1S/C20H31N3O2/c1-4-8-19(24)21-14-20(25)22(3)18-11-12-23(16(2)13-18)15-17-9-6-5-7-10-17/h5-7,9-10,16,18H,4,8,11-15H2,1-3H3,(H,21,24)/t16-,18-/m0/s1. The first-order valence-corrected chi connectivity index (χ1v) is 9.31. The second-order valence-corrected chi connectivity index (χ2v) is 7.01. The minimum Gasteiger partial charge on any atom is -0.347 e. The summed E-state index contributed by atoms with van der Waals surface area (Å²) >= 11 is 0. The van der Waals surface area contributed by atoms with Gasteiger partial charge < -0.3 is 10.2 Å². The molecule has 1 aromatic rings. The summed E-state index contributed by atoms with van der Waals surface area (Å²) in [4.78, 5) is 28.2. The zero-order valence-corrected chi connectivity index (χ0v) is 15.7. The number of hydrogen-bond acceptors (Lipinski definition) is 3. The quantitative estimate of drug-likeness (QED) is 0.826. The zero-order chi connectivity index (χ0) is 18.2. The van der Waals surface area contributed by atoms with Crippen LogP contribution in [0.2, 0.25) is 0 Å². The van der Waals surface area contributed by atoms with Crippen molar-refractivity contribution in [1.29, 1.82) is 0 Å². The molecule has 2 atom stereocenters. The Morgan fingerprint density at radius 3 is 2.64 bits per heavy atom. The fraction of sp³-hybridized carbons (Fsp3) is 0.600. The average molecular weight is 345 g/mol. The number of carbonyl (C=O) groups is 2. The molecule has 0 unspecified atom stereocenters. The van der Waals surface area contributed by atoms with Crippen molar-refractivity contribution in [2.24, 2.45) is 0 Å². The normalized spacial score (nSPS) is 20.9. The number of likely N-dealkylation sites (tertiary alicyclic amines) is 1. The van der Waals surface area contributed by atoms with E-state index in [1.807, 2.05) is 24.9 Å². The molecular weight excluding hydrogens is 314 g/mol. The predicted molar refractivity (Wildman–Crippen MR) is 100 cm³/mol. The van der Waals surface area contributed by atoms with Gasteiger partial charge in [-0.2, -0.15) is 0 Å². The number of nitrogens with zero attached hydrogens (tertiary/aromatic N) is 2. The van der Waals surface area contributed by atoms with Gasteiger partial charge in [0.25, 0.3) is 0 Å². The lowest BCUT2D eigenvalue weighted by atomic mass is 9.96. The molecule has 1 N–H and O–H groups in total. The summed E-state index contributed by atoms with van der Waals surface area (Å²) < 4.78 is 0. The van der Waals surface area contributed by atoms with E-state index in [0.29, 0.717) is 12.5 Å². The van der Waals surface area contributed by atoms with Gasteiger partial charge in [-0.1, -0.05) is 37.3 Å². The number of piperidine rings is 1. The second-order valence-electron chi connectivity index (χ2n) is 7.01. The first-order chi connectivity index (χ1) is 12.0. The molecule has 1 aliphatic rings. The molecule has 2 rings (SSSR count). The predicted octanol–water partition coefficient (Wildman–Crippen LogP) is 2.41. The summed E-state index contributed by atoms with van der Waals surface area (Å²) in [5.41, 5.74) is 1.33. The van der Waals surface area contributed by atoms with Crippen LogP contribution >= 0.6 is 0 Å². The van der Waals surface area contributed by atoms with Gasteiger partial charge in [0.05, 0.1) is 6.54 Å². The van der Waals surface area contributed by atoms with Gasteiger partial charge in [-0.3, -0.25) is 14.5 Å². The Hall–Kier alpha value is -1.88. The largest absolute Gasteiger partial charge is 0.347 e. The molecule has 25 heavy (non-hydrogen) atoms. The van der Waals surface area contributed by atoms with E-state index in [1.54, 1.807) is 0 Å². The highest BCUT2D eigenvalue weighted by molar-refractivity contribution is 5.84. The Kier molecular flexibility index (Phi) is 7.44. The van der Waals surface area contributed by atoms with Gasteiger partial charge in [0, 0.05) is 38.6 Å². The number of likely N-dealkylation sites (N-methyl/N-ethyl adjacent to an activating group) is 1. The average Bonchev–Trinajstić information content (AvgIpc) is 2.62. The lowest BCUT2D eigenvalue weighted by Crippen LogP contribution is -2.50. The number of hydrogen-bond donors (Lipinski definition) is 1. The van der Waals surface area contributed by atoms with Crippen molar-refractivity contribution < 1.29 is 9.59 Å². The topological polar surface area (TPSA) is 52.7 Å². The first kappa shape index (κ1) is 19.4. The summed E-state index contributed by atoms with van der Waals surface area (Å²) in [5.74, 6) is -0.0477. The molecular formula is C20H31N3O2. The van der Waals surface area contributed by atoms with Crippen LogP contribution in [0.5, 0.6) is 0 Å². The Morgan fingerprint density at radius 1 is 1.28 bits per heavy atom. The first-order valence-electron chi connectivity index (χ1n) is 9.31. The maximum absolute atomic E-state index is 12.3. The molecule has 0 spiro atoms. The van der Waals surface area contributed by atoms with Gasteiger partial charge in [-0.05, 0) is 31.7 Å². The van der Waals surface area contributed by atoms with E-state index in [9.17, 15) is 9.59 Å². The number of amides is 2. The maximum atomic E-state index is 12.3. The van der Waals surface area contributed by atoms with Crippen LogP contribution in [0.15, 0.2) is 30.3 Å². The molecule has 1 heterocycles. The monoisotopic (exact) mass is 345 g/mol. The van der Waals surface area contributed by atoms with E-state index >= 15 is 0 Å². The molecule has 0 radical (unpaired) electrons. The highest BCUT2D eigenvalue weighted by Gasteiger charge is 2.29. The smallest absolute Gasteiger partial charge is 0.241 e. The van der Waals surface area contributed by atoms with Crippen molar-refractivity contribution in [3.63, 3.8) is 0 Å². The van der Waals surface area contributed by atoms with Crippen LogP contribution in [-0.4, -0.2) is 53.8 Å². The van der Waals surface area contributed by atoms with Crippen molar-refractivity contribution in [3.8, 4) is 0 Å². The molecule has 0 saturated carbocycles. The highest BCUT2D eigenvalue weighted by Crippen LogP contribution is 2.23. The van der Waals surface area contributed by atoms with Gasteiger partial charge in [-0.15, -0.1) is 0 Å². The van der Waals surface area contributed by atoms with E-state index in [2.05, 4.69) is 41.4 Å². The van der Waals surface area contributed by atoms with Gasteiger partial charge >= 0.3 is 0 Å². The molecule has 0 aromatic heterocycles. The molecule has 5 heteroatoms. The van der Waals surface area contributed by atoms with Crippen molar-refractivity contribution >= 4 is 11.8 Å². The van der Waals surface area contributed by atoms with E-state index in [4.69, 9.17) is 0 Å². The number of rotatable bonds is 7. The maximum Gasteiger partial charge on any atom is 0.241 e. The fourth-order valence-electron chi connectivity index (χ4n) is 3.42. The third-order valence-electron chi connectivity index (χ3n) is 5.07. The van der Waals surface area contributed by atoms with Crippen LogP contribution in [0.3, 0.4) is 0 Å². The minimum atomic E-state index is -0.0460. The van der Waals surface area contributed by atoms with Crippen LogP contribution in [-0.2, 0) is 16.1 Å². The lowest BCUT2D eigenvalue weighted by Gasteiger charge is -2.41. The SMILES string of the molecule is CCCC(=O)NCC(=O)N(C)[C@H]1CCN(Cc2ccccc2)[C@@H](C)C1. The summed E-state index contributed by atoms with van der Waals surface area (Å²) in [5, 5.41) is 2.72. The molecule has 0 aliphatic carbocycles. The number of benzene rings is 1. The molecule has 1 fully saturated rings.